The lowest BCUT2D eigenvalue weighted by Gasteiger charge is -2.37. The number of hydrogen-bond acceptors (Lipinski definition) is 4. The number of aliphatic carboxylic acids is 1. The predicted octanol–water partition coefficient (Wildman–Crippen LogP) is 1.62. The molecule has 5 heteroatoms. The molecule has 1 aliphatic rings. The summed E-state index contributed by atoms with van der Waals surface area (Å²) in [5.74, 6) is -0.138. The fraction of sp³-hybridized carbons (Fsp3) is 0.417. The van der Waals surface area contributed by atoms with Crippen LogP contribution >= 0.6 is 0 Å². The van der Waals surface area contributed by atoms with Crippen molar-refractivity contribution in [3.05, 3.63) is 23.9 Å². The van der Waals surface area contributed by atoms with E-state index in [1.165, 1.54) is 6.20 Å². The predicted molar refractivity (Wildman–Crippen MR) is 61.4 cm³/mol. The van der Waals surface area contributed by atoms with Gasteiger partial charge in [0.25, 0.3) is 0 Å². The van der Waals surface area contributed by atoms with Crippen molar-refractivity contribution < 1.29 is 9.90 Å². The molecule has 2 rings (SSSR count). The van der Waals surface area contributed by atoms with Gasteiger partial charge in [0.2, 0.25) is 0 Å². The molecule has 17 heavy (non-hydrogen) atoms. The molecule has 1 saturated carbocycles. The van der Waals surface area contributed by atoms with E-state index in [-0.39, 0.29) is 0 Å². The molecule has 0 aliphatic heterocycles. The van der Waals surface area contributed by atoms with Crippen LogP contribution in [-0.2, 0) is 4.79 Å². The molecule has 1 aromatic heterocycles. The number of carboxylic acids is 1. The van der Waals surface area contributed by atoms with Crippen molar-refractivity contribution in [3.8, 4) is 6.07 Å². The normalized spacial score (nSPS) is 16.6. The van der Waals surface area contributed by atoms with E-state index in [2.05, 4.69) is 10.3 Å². The molecule has 0 radical (unpaired) electrons. The van der Waals surface area contributed by atoms with Crippen molar-refractivity contribution in [1.82, 2.24) is 4.98 Å². The Bertz CT molecular complexity index is 458. The minimum atomic E-state index is -0.745. The lowest BCUT2D eigenvalue weighted by Crippen LogP contribution is -2.43. The number of aromatic nitrogens is 1. The molecule has 0 amide bonds. The molecule has 1 heterocycles. The maximum atomic E-state index is 11.1. The summed E-state index contributed by atoms with van der Waals surface area (Å²) in [5, 5.41) is 20.8. The van der Waals surface area contributed by atoms with Gasteiger partial charge in [-0.15, -0.1) is 0 Å². The quantitative estimate of drug-likeness (QED) is 0.822. The van der Waals surface area contributed by atoms with Crippen LogP contribution < -0.4 is 5.32 Å². The Kier molecular flexibility index (Phi) is 2.96. The smallest absolute Gasteiger partial charge is 0.311 e. The summed E-state index contributed by atoms with van der Waals surface area (Å²) in [6.07, 6.45) is 3.86. The Morgan fingerprint density at radius 3 is 2.76 bits per heavy atom. The Morgan fingerprint density at radius 1 is 1.59 bits per heavy atom. The number of nitrogens with zero attached hydrogens (tertiary/aromatic N) is 2. The second-order valence-electron chi connectivity index (χ2n) is 4.34. The Hall–Kier alpha value is -2.09. The standard InChI is InChI=1S/C12H13N3O2/c13-6-9-2-3-10(14-7-9)15-8-12(11(16)17)4-1-5-12/h2-3,7H,1,4-5,8H2,(H,14,15)(H,16,17). The molecule has 5 nitrogen and oxygen atoms in total. The number of carboxylic acid groups (broad SMARTS) is 1. The average molecular weight is 231 g/mol. The fourth-order valence-electron chi connectivity index (χ4n) is 1.89. The van der Waals surface area contributed by atoms with Crippen molar-refractivity contribution in [1.29, 1.82) is 5.26 Å². The topological polar surface area (TPSA) is 86.0 Å². The van der Waals surface area contributed by atoms with Crippen molar-refractivity contribution in [2.75, 3.05) is 11.9 Å². The SMILES string of the molecule is N#Cc1ccc(NCC2(C(=O)O)CCC2)nc1. The highest BCUT2D eigenvalue weighted by Gasteiger charge is 2.44. The molecule has 88 valence electrons. The van der Waals surface area contributed by atoms with Crippen molar-refractivity contribution >= 4 is 11.8 Å². The Labute approximate surface area is 99.1 Å². The fourth-order valence-corrected chi connectivity index (χ4v) is 1.89. The van der Waals surface area contributed by atoms with Crippen LogP contribution in [0.3, 0.4) is 0 Å². The molecule has 1 fully saturated rings. The van der Waals surface area contributed by atoms with Crippen LogP contribution in [0.2, 0.25) is 0 Å². The minimum Gasteiger partial charge on any atom is -0.481 e. The molecule has 1 aromatic rings. The molecule has 0 saturated heterocycles. The highest BCUT2D eigenvalue weighted by atomic mass is 16.4. The first-order valence-corrected chi connectivity index (χ1v) is 5.50. The van der Waals surface area contributed by atoms with E-state index in [0.29, 0.717) is 30.8 Å². The first-order chi connectivity index (χ1) is 8.16. The van der Waals surface area contributed by atoms with Crippen LogP contribution in [0.15, 0.2) is 18.3 Å². The van der Waals surface area contributed by atoms with Gasteiger partial charge in [0.15, 0.2) is 0 Å². The average Bonchev–Trinajstić information content (AvgIpc) is 2.28. The maximum absolute atomic E-state index is 11.1. The molecule has 0 unspecified atom stereocenters. The number of hydrogen-bond donors (Lipinski definition) is 2. The van der Waals surface area contributed by atoms with E-state index in [0.717, 1.165) is 6.42 Å². The largest absolute Gasteiger partial charge is 0.481 e. The summed E-state index contributed by atoms with van der Waals surface area (Å²) in [6.45, 7) is 0.390. The van der Waals surface area contributed by atoms with E-state index in [1.54, 1.807) is 12.1 Å². The molecule has 0 spiro atoms. The lowest BCUT2D eigenvalue weighted by atomic mass is 9.69. The van der Waals surface area contributed by atoms with Gasteiger partial charge in [0.05, 0.1) is 11.0 Å². The summed E-state index contributed by atoms with van der Waals surface area (Å²) in [7, 11) is 0. The highest BCUT2D eigenvalue weighted by molar-refractivity contribution is 5.76. The first-order valence-electron chi connectivity index (χ1n) is 5.50. The zero-order valence-corrected chi connectivity index (χ0v) is 9.31. The third-order valence-corrected chi connectivity index (χ3v) is 3.26. The second-order valence-corrected chi connectivity index (χ2v) is 4.34. The Morgan fingerprint density at radius 2 is 2.35 bits per heavy atom. The number of anilines is 1. The zero-order valence-electron chi connectivity index (χ0n) is 9.31. The number of nitrogens with one attached hydrogen (secondary N) is 1. The van der Waals surface area contributed by atoms with Gasteiger partial charge in [-0.05, 0) is 25.0 Å². The van der Waals surface area contributed by atoms with Gasteiger partial charge in [-0.2, -0.15) is 5.26 Å². The van der Waals surface area contributed by atoms with E-state index < -0.39 is 11.4 Å². The van der Waals surface area contributed by atoms with Crippen molar-refractivity contribution in [2.45, 2.75) is 19.3 Å². The number of rotatable bonds is 4. The van der Waals surface area contributed by atoms with Crippen LogP contribution in [0.4, 0.5) is 5.82 Å². The second kappa shape index (κ2) is 4.42. The van der Waals surface area contributed by atoms with Crippen LogP contribution in [0.25, 0.3) is 0 Å². The summed E-state index contributed by atoms with van der Waals surface area (Å²) in [5.41, 5.74) is -0.137. The van der Waals surface area contributed by atoms with Crippen molar-refractivity contribution in [2.24, 2.45) is 5.41 Å². The first kappa shape index (κ1) is 11.4. The summed E-state index contributed by atoms with van der Waals surface area (Å²) in [6, 6.07) is 5.33. The summed E-state index contributed by atoms with van der Waals surface area (Å²) < 4.78 is 0. The monoisotopic (exact) mass is 231 g/mol. The van der Waals surface area contributed by atoms with Gasteiger partial charge in [-0.3, -0.25) is 4.79 Å². The van der Waals surface area contributed by atoms with Crippen LogP contribution in [-0.4, -0.2) is 22.6 Å². The lowest BCUT2D eigenvalue weighted by molar-refractivity contribution is -0.153. The Balaban J connectivity index is 1.97. The van der Waals surface area contributed by atoms with Gasteiger partial charge in [0.1, 0.15) is 11.9 Å². The van der Waals surface area contributed by atoms with Gasteiger partial charge in [-0.25, -0.2) is 4.98 Å². The van der Waals surface area contributed by atoms with Crippen LogP contribution in [0, 0.1) is 16.7 Å². The van der Waals surface area contributed by atoms with E-state index in [4.69, 9.17) is 10.4 Å². The molecule has 0 atom stereocenters. The van der Waals surface area contributed by atoms with Crippen LogP contribution in [0.1, 0.15) is 24.8 Å². The molecule has 0 aromatic carbocycles. The molecular weight excluding hydrogens is 218 g/mol. The van der Waals surface area contributed by atoms with Gasteiger partial charge in [-0.1, -0.05) is 6.42 Å². The van der Waals surface area contributed by atoms with E-state index >= 15 is 0 Å². The third-order valence-electron chi connectivity index (χ3n) is 3.26. The molecule has 2 N–H and O–H groups in total. The van der Waals surface area contributed by atoms with Crippen molar-refractivity contribution in [3.63, 3.8) is 0 Å². The summed E-state index contributed by atoms with van der Waals surface area (Å²) >= 11 is 0. The van der Waals surface area contributed by atoms with Crippen LogP contribution in [0.5, 0.6) is 0 Å². The maximum Gasteiger partial charge on any atom is 0.311 e. The number of carbonyl (C=O) groups is 1. The van der Waals surface area contributed by atoms with Gasteiger partial charge >= 0.3 is 5.97 Å². The van der Waals surface area contributed by atoms with Gasteiger partial charge in [0, 0.05) is 12.7 Å². The molecule has 1 aliphatic carbocycles. The van der Waals surface area contributed by atoms with E-state index in [9.17, 15) is 4.79 Å². The molecular formula is C12H13N3O2. The zero-order chi connectivity index (χ0) is 12.3. The highest BCUT2D eigenvalue weighted by Crippen LogP contribution is 2.41. The van der Waals surface area contributed by atoms with Gasteiger partial charge < -0.3 is 10.4 Å². The summed E-state index contributed by atoms with van der Waals surface area (Å²) in [4.78, 5) is 15.2. The third kappa shape index (κ3) is 2.21. The number of pyridine rings is 1. The number of nitriles is 1. The molecule has 0 bridgehead atoms. The minimum absolute atomic E-state index is 0.390. The van der Waals surface area contributed by atoms with E-state index in [1.807, 2.05) is 6.07 Å².